The molecule has 1 aromatic rings. The molecule has 0 radical (unpaired) electrons. The lowest BCUT2D eigenvalue weighted by Gasteiger charge is -2.28. The monoisotopic (exact) mass is 271 g/mol. The van der Waals surface area contributed by atoms with Gasteiger partial charge in [-0.05, 0) is 31.1 Å². The van der Waals surface area contributed by atoms with Crippen LogP contribution in [0, 0.1) is 0 Å². The molecule has 17 heavy (non-hydrogen) atoms. The zero-order valence-corrected chi connectivity index (χ0v) is 10.9. The smallest absolute Gasteiger partial charge is 0.246 e. The molecule has 1 saturated heterocycles. The molecule has 0 aromatic carbocycles. The fourth-order valence-electron chi connectivity index (χ4n) is 1.76. The van der Waals surface area contributed by atoms with E-state index in [9.17, 15) is 9.90 Å². The predicted molar refractivity (Wildman–Crippen MR) is 70.2 cm³/mol. The van der Waals surface area contributed by atoms with Gasteiger partial charge in [0.2, 0.25) is 5.91 Å². The Kier molecular flexibility index (Phi) is 4.20. The highest BCUT2D eigenvalue weighted by molar-refractivity contribution is 7.17. The van der Waals surface area contributed by atoms with Gasteiger partial charge in [-0.2, -0.15) is 0 Å². The van der Waals surface area contributed by atoms with Crippen LogP contribution in [0.1, 0.15) is 17.7 Å². The van der Waals surface area contributed by atoms with Crippen LogP contribution in [0.5, 0.6) is 0 Å². The third-order valence-corrected chi connectivity index (χ3v) is 3.96. The lowest BCUT2D eigenvalue weighted by Crippen LogP contribution is -2.39. The number of carbonyl (C=O) groups excluding carboxylic acids is 1. The van der Waals surface area contributed by atoms with Gasteiger partial charge in [0.05, 0.1) is 10.4 Å². The van der Waals surface area contributed by atoms with Crippen LogP contribution >= 0.6 is 22.9 Å². The maximum atomic E-state index is 11.8. The van der Waals surface area contributed by atoms with Crippen LogP contribution in [0.4, 0.5) is 0 Å². The number of nitrogens with zero attached hydrogens (tertiary/aromatic N) is 1. The second kappa shape index (κ2) is 5.67. The highest BCUT2D eigenvalue weighted by Gasteiger charge is 2.19. The molecular formula is C12H14ClNO2S. The standard InChI is InChI=1S/C12H14ClNO2S/c13-11-3-1-10(17-11)2-4-12(16)14-7-5-9(15)6-8-14/h1-4,9,15H,5-8H2/b4-2+. The highest BCUT2D eigenvalue weighted by atomic mass is 35.5. The summed E-state index contributed by atoms with van der Waals surface area (Å²) >= 11 is 7.25. The summed E-state index contributed by atoms with van der Waals surface area (Å²) in [5.41, 5.74) is 0. The summed E-state index contributed by atoms with van der Waals surface area (Å²) in [6.07, 6.45) is 4.44. The van der Waals surface area contributed by atoms with Crippen LogP contribution in [0.25, 0.3) is 6.08 Å². The minimum absolute atomic E-state index is 0.00132. The molecule has 3 nitrogen and oxygen atoms in total. The van der Waals surface area contributed by atoms with Crippen molar-refractivity contribution < 1.29 is 9.90 Å². The summed E-state index contributed by atoms with van der Waals surface area (Å²) in [4.78, 5) is 14.5. The molecule has 0 atom stereocenters. The number of halogens is 1. The van der Waals surface area contributed by atoms with Gasteiger partial charge in [0.1, 0.15) is 0 Å². The van der Waals surface area contributed by atoms with Crippen LogP contribution < -0.4 is 0 Å². The highest BCUT2D eigenvalue weighted by Crippen LogP contribution is 2.22. The Hall–Kier alpha value is -0.840. The Labute approximate surface area is 109 Å². The summed E-state index contributed by atoms with van der Waals surface area (Å²) in [5.74, 6) is 0.00132. The largest absolute Gasteiger partial charge is 0.393 e. The van der Waals surface area contributed by atoms with Crippen molar-refractivity contribution in [2.24, 2.45) is 0 Å². The fourth-order valence-corrected chi connectivity index (χ4v) is 2.73. The Morgan fingerprint density at radius 3 is 2.76 bits per heavy atom. The van der Waals surface area contributed by atoms with Gasteiger partial charge in [0.25, 0.3) is 0 Å². The lowest BCUT2D eigenvalue weighted by molar-refractivity contribution is -0.127. The fraction of sp³-hybridized carbons (Fsp3) is 0.417. The van der Waals surface area contributed by atoms with Gasteiger partial charge in [0.15, 0.2) is 0 Å². The third kappa shape index (κ3) is 3.56. The topological polar surface area (TPSA) is 40.5 Å². The number of rotatable bonds is 2. The molecule has 92 valence electrons. The first-order valence-corrected chi connectivity index (χ1v) is 6.75. The van der Waals surface area contributed by atoms with Gasteiger partial charge in [-0.15, -0.1) is 11.3 Å². The number of aliphatic hydroxyl groups excluding tert-OH is 1. The van der Waals surface area contributed by atoms with Crippen molar-refractivity contribution in [3.63, 3.8) is 0 Å². The van der Waals surface area contributed by atoms with Crippen LogP contribution in [-0.4, -0.2) is 35.1 Å². The SMILES string of the molecule is O=C(/C=C/c1ccc(Cl)s1)N1CCC(O)CC1. The van der Waals surface area contributed by atoms with Crippen molar-refractivity contribution in [2.45, 2.75) is 18.9 Å². The molecule has 1 aliphatic heterocycles. The molecule has 5 heteroatoms. The van der Waals surface area contributed by atoms with E-state index in [2.05, 4.69) is 0 Å². The second-order valence-electron chi connectivity index (χ2n) is 4.03. The Balaban J connectivity index is 1.90. The number of hydrogen-bond donors (Lipinski definition) is 1. The summed E-state index contributed by atoms with van der Waals surface area (Å²) in [6, 6.07) is 3.70. The third-order valence-electron chi connectivity index (χ3n) is 2.76. The zero-order chi connectivity index (χ0) is 12.3. The first-order chi connectivity index (χ1) is 8.15. The van der Waals surface area contributed by atoms with Crippen LogP contribution in [0.15, 0.2) is 18.2 Å². The molecule has 1 aromatic heterocycles. The van der Waals surface area contributed by atoms with E-state index in [1.54, 1.807) is 17.1 Å². The van der Waals surface area contributed by atoms with E-state index >= 15 is 0 Å². The first-order valence-electron chi connectivity index (χ1n) is 5.55. The van der Waals surface area contributed by atoms with Gasteiger partial charge >= 0.3 is 0 Å². The van der Waals surface area contributed by atoms with E-state index in [-0.39, 0.29) is 12.0 Å². The van der Waals surface area contributed by atoms with Crippen molar-refractivity contribution in [2.75, 3.05) is 13.1 Å². The number of thiophene rings is 1. The van der Waals surface area contributed by atoms with Gasteiger partial charge in [-0.3, -0.25) is 4.79 Å². The number of hydrogen-bond acceptors (Lipinski definition) is 3. The molecule has 1 N–H and O–H groups in total. The minimum atomic E-state index is -0.251. The average molecular weight is 272 g/mol. The number of carbonyl (C=O) groups is 1. The molecule has 0 unspecified atom stereocenters. The number of amides is 1. The maximum Gasteiger partial charge on any atom is 0.246 e. The molecular weight excluding hydrogens is 258 g/mol. The first kappa shape index (κ1) is 12.6. The Bertz CT molecular complexity index is 422. The van der Waals surface area contributed by atoms with Crippen LogP contribution in [0.2, 0.25) is 4.34 Å². The minimum Gasteiger partial charge on any atom is -0.393 e. The van der Waals surface area contributed by atoms with Gasteiger partial charge < -0.3 is 10.0 Å². The van der Waals surface area contributed by atoms with Crippen molar-refractivity contribution in [1.29, 1.82) is 0 Å². The molecule has 1 amide bonds. The van der Waals surface area contributed by atoms with Crippen molar-refractivity contribution in [3.8, 4) is 0 Å². The summed E-state index contributed by atoms with van der Waals surface area (Å²) in [7, 11) is 0. The average Bonchev–Trinajstić information content (AvgIpc) is 2.73. The van der Waals surface area contributed by atoms with E-state index in [1.807, 2.05) is 12.1 Å². The van der Waals surface area contributed by atoms with Gasteiger partial charge in [-0.25, -0.2) is 0 Å². The van der Waals surface area contributed by atoms with Crippen molar-refractivity contribution in [3.05, 3.63) is 27.4 Å². The number of likely N-dealkylation sites (tertiary alicyclic amines) is 1. The van der Waals surface area contributed by atoms with Gasteiger partial charge in [0, 0.05) is 24.0 Å². The number of aliphatic hydroxyl groups is 1. The van der Waals surface area contributed by atoms with E-state index in [4.69, 9.17) is 11.6 Å². The summed E-state index contributed by atoms with van der Waals surface area (Å²) in [6.45, 7) is 1.27. The molecule has 0 saturated carbocycles. The molecule has 1 fully saturated rings. The quantitative estimate of drug-likeness (QED) is 0.839. The van der Waals surface area contributed by atoms with Crippen LogP contribution in [-0.2, 0) is 4.79 Å². The second-order valence-corrected chi connectivity index (χ2v) is 5.78. The van der Waals surface area contributed by atoms with E-state index < -0.39 is 0 Å². The van der Waals surface area contributed by atoms with E-state index in [1.165, 1.54) is 11.3 Å². The molecule has 0 bridgehead atoms. The molecule has 2 rings (SSSR count). The maximum absolute atomic E-state index is 11.8. The van der Waals surface area contributed by atoms with Crippen molar-refractivity contribution >= 4 is 34.9 Å². The van der Waals surface area contributed by atoms with Crippen LogP contribution in [0.3, 0.4) is 0 Å². The molecule has 2 heterocycles. The molecule has 0 spiro atoms. The Morgan fingerprint density at radius 1 is 1.47 bits per heavy atom. The normalized spacial score (nSPS) is 17.9. The molecule has 1 aliphatic rings. The van der Waals surface area contributed by atoms with Crippen molar-refractivity contribution in [1.82, 2.24) is 4.90 Å². The van der Waals surface area contributed by atoms with Gasteiger partial charge in [-0.1, -0.05) is 11.6 Å². The predicted octanol–water partition coefficient (Wildman–Crippen LogP) is 2.40. The Morgan fingerprint density at radius 2 is 2.18 bits per heavy atom. The zero-order valence-electron chi connectivity index (χ0n) is 9.30. The lowest BCUT2D eigenvalue weighted by atomic mass is 10.1. The molecule has 0 aliphatic carbocycles. The summed E-state index contributed by atoms with van der Waals surface area (Å²) in [5, 5.41) is 9.35. The summed E-state index contributed by atoms with van der Waals surface area (Å²) < 4.78 is 0.721. The number of piperidine rings is 1. The van der Waals surface area contributed by atoms with E-state index in [0.29, 0.717) is 25.9 Å². The van der Waals surface area contributed by atoms with E-state index in [0.717, 1.165) is 9.21 Å².